The van der Waals surface area contributed by atoms with Crippen LogP contribution in [0.2, 0.25) is 0 Å². The molecule has 3 aromatic heterocycles. The number of aromatic nitrogens is 5. The molecule has 122 valence electrons. The van der Waals surface area contributed by atoms with Crippen LogP contribution in [0.25, 0.3) is 28.0 Å². The van der Waals surface area contributed by atoms with Crippen LogP contribution in [0.1, 0.15) is 12.7 Å². The highest BCUT2D eigenvalue weighted by Gasteiger charge is 2.17. The van der Waals surface area contributed by atoms with Gasteiger partial charge in [0, 0.05) is 12.5 Å². The van der Waals surface area contributed by atoms with Crippen molar-refractivity contribution in [3.05, 3.63) is 46.6 Å². The minimum atomic E-state index is -0.177. The summed E-state index contributed by atoms with van der Waals surface area (Å²) >= 11 is 0. The molecule has 0 aliphatic heterocycles. The van der Waals surface area contributed by atoms with Gasteiger partial charge in [-0.25, -0.2) is 4.52 Å². The van der Waals surface area contributed by atoms with Gasteiger partial charge in [-0.15, -0.1) is 0 Å². The van der Waals surface area contributed by atoms with Gasteiger partial charge in [0.05, 0.1) is 17.1 Å². The average molecular weight is 324 g/mol. The predicted molar refractivity (Wildman–Crippen MR) is 88.8 cm³/mol. The van der Waals surface area contributed by atoms with Gasteiger partial charge in [-0.2, -0.15) is 10.1 Å². The number of H-pyrrole nitrogens is 1. The zero-order valence-corrected chi connectivity index (χ0v) is 13.3. The number of likely N-dealkylation sites (N-methyl/N-ethyl adjacent to an activating group) is 1. The Morgan fingerprint density at radius 1 is 1.38 bits per heavy atom. The van der Waals surface area contributed by atoms with Crippen molar-refractivity contribution in [1.82, 2.24) is 30.1 Å². The summed E-state index contributed by atoms with van der Waals surface area (Å²) in [5.41, 5.74) is 1.69. The van der Waals surface area contributed by atoms with Gasteiger partial charge in [0.2, 0.25) is 0 Å². The van der Waals surface area contributed by atoms with E-state index in [2.05, 4.69) is 25.5 Å². The molecule has 0 spiro atoms. The molecular weight excluding hydrogens is 308 g/mol. The molecule has 0 fully saturated rings. The van der Waals surface area contributed by atoms with E-state index in [-0.39, 0.29) is 11.6 Å². The van der Waals surface area contributed by atoms with E-state index in [9.17, 15) is 4.79 Å². The van der Waals surface area contributed by atoms with E-state index in [1.807, 2.05) is 32.2 Å². The molecule has 1 aromatic carbocycles. The standard InChI is InChI=1S/C16H16N6O2/c1-9(17-2)7-13-19-16(24-21-13)11-8-18-22-12-6-4-3-5-10(12)15(23)20-14(11)22/h3-6,8-9,17H,7H2,1-2H3,(H,20,23). The number of fused-ring (bicyclic) bond motifs is 3. The molecule has 1 atom stereocenters. The molecule has 0 radical (unpaired) electrons. The molecule has 24 heavy (non-hydrogen) atoms. The molecule has 0 amide bonds. The minimum Gasteiger partial charge on any atom is -0.334 e. The maximum absolute atomic E-state index is 12.3. The SMILES string of the molecule is CNC(C)Cc1noc(-c2cnn3c2[nH]c(=O)c2ccccc23)n1. The smallest absolute Gasteiger partial charge is 0.263 e. The number of nitrogens with zero attached hydrogens (tertiary/aromatic N) is 4. The topological polar surface area (TPSA) is 101 Å². The molecule has 8 heteroatoms. The Balaban J connectivity index is 1.85. The number of benzene rings is 1. The summed E-state index contributed by atoms with van der Waals surface area (Å²) < 4.78 is 7.02. The van der Waals surface area contributed by atoms with Crippen molar-refractivity contribution in [2.45, 2.75) is 19.4 Å². The summed E-state index contributed by atoms with van der Waals surface area (Å²) in [6.07, 6.45) is 2.27. The zero-order chi connectivity index (χ0) is 16.7. The number of hydrogen-bond acceptors (Lipinski definition) is 6. The van der Waals surface area contributed by atoms with E-state index < -0.39 is 0 Å². The largest absolute Gasteiger partial charge is 0.334 e. The summed E-state index contributed by atoms with van der Waals surface area (Å²) in [7, 11) is 1.88. The Morgan fingerprint density at radius 2 is 2.21 bits per heavy atom. The second kappa shape index (κ2) is 5.57. The van der Waals surface area contributed by atoms with E-state index in [0.717, 1.165) is 5.52 Å². The first-order valence-corrected chi connectivity index (χ1v) is 7.66. The third-order valence-corrected chi connectivity index (χ3v) is 4.06. The van der Waals surface area contributed by atoms with Crippen LogP contribution >= 0.6 is 0 Å². The molecule has 2 N–H and O–H groups in total. The molecule has 8 nitrogen and oxygen atoms in total. The molecule has 0 saturated heterocycles. The van der Waals surface area contributed by atoms with Crippen LogP contribution < -0.4 is 10.9 Å². The van der Waals surface area contributed by atoms with Crippen LogP contribution in [0, 0.1) is 0 Å². The Bertz CT molecular complexity index is 1080. The first-order valence-electron chi connectivity index (χ1n) is 7.66. The maximum Gasteiger partial charge on any atom is 0.263 e. The summed E-state index contributed by atoms with van der Waals surface area (Å²) in [6, 6.07) is 7.54. The number of nitrogens with one attached hydrogen (secondary N) is 2. The van der Waals surface area contributed by atoms with Crippen LogP contribution in [-0.2, 0) is 6.42 Å². The average Bonchev–Trinajstić information content (AvgIpc) is 3.21. The number of para-hydroxylation sites is 1. The maximum atomic E-state index is 12.3. The van der Waals surface area contributed by atoms with E-state index in [1.165, 1.54) is 0 Å². The lowest BCUT2D eigenvalue weighted by Gasteiger charge is -2.04. The fourth-order valence-electron chi connectivity index (χ4n) is 2.66. The fourth-order valence-corrected chi connectivity index (χ4v) is 2.66. The van der Waals surface area contributed by atoms with Gasteiger partial charge in [-0.1, -0.05) is 17.3 Å². The highest BCUT2D eigenvalue weighted by Crippen LogP contribution is 2.23. The van der Waals surface area contributed by atoms with E-state index in [0.29, 0.717) is 34.7 Å². The summed E-state index contributed by atoms with van der Waals surface area (Å²) in [4.78, 5) is 19.5. The van der Waals surface area contributed by atoms with Crippen molar-refractivity contribution in [3.8, 4) is 11.5 Å². The molecule has 3 heterocycles. The Kier molecular flexibility index (Phi) is 3.39. The lowest BCUT2D eigenvalue weighted by Crippen LogP contribution is -2.24. The zero-order valence-electron chi connectivity index (χ0n) is 13.3. The first-order chi connectivity index (χ1) is 11.7. The highest BCUT2D eigenvalue weighted by atomic mass is 16.5. The van der Waals surface area contributed by atoms with Crippen LogP contribution in [0.15, 0.2) is 39.8 Å². The Labute approximate surface area is 136 Å². The fraction of sp³-hybridized carbons (Fsp3) is 0.250. The Hall–Kier alpha value is -3.00. The van der Waals surface area contributed by atoms with Crippen LogP contribution in [0.4, 0.5) is 0 Å². The van der Waals surface area contributed by atoms with Gasteiger partial charge >= 0.3 is 0 Å². The van der Waals surface area contributed by atoms with E-state index >= 15 is 0 Å². The lowest BCUT2D eigenvalue weighted by atomic mass is 10.2. The summed E-state index contributed by atoms with van der Waals surface area (Å²) in [6.45, 7) is 2.04. The lowest BCUT2D eigenvalue weighted by molar-refractivity contribution is 0.418. The molecule has 0 bridgehead atoms. The molecule has 4 aromatic rings. The molecule has 1 unspecified atom stereocenters. The second-order valence-corrected chi connectivity index (χ2v) is 5.70. The normalized spacial score (nSPS) is 12.9. The van der Waals surface area contributed by atoms with Gasteiger partial charge in [0.1, 0.15) is 11.2 Å². The highest BCUT2D eigenvalue weighted by molar-refractivity contribution is 5.83. The third kappa shape index (κ3) is 2.28. The van der Waals surface area contributed by atoms with Crippen molar-refractivity contribution in [2.75, 3.05) is 7.05 Å². The summed E-state index contributed by atoms with van der Waals surface area (Å²) in [5, 5.41) is 12.1. The van der Waals surface area contributed by atoms with Crippen LogP contribution in [-0.4, -0.2) is 37.8 Å². The molecule has 0 aliphatic carbocycles. The first kappa shape index (κ1) is 14.6. The van der Waals surface area contributed by atoms with E-state index in [1.54, 1.807) is 16.8 Å². The molecule has 4 rings (SSSR count). The second-order valence-electron chi connectivity index (χ2n) is 5.70. The molecule has 0 aliphatic rings. The van der Waals surface area contributed by atoms with Gasteiger partial charge in [-0.05, 0) is 26.1 Å². The van der Waals surface area contributed by atoms with Crippen molar-refractivity contribution in [3.63, 3.8) is 0 Å². The van der Waals surface area contributed by atoms with Crippen molar-refractivity contribution < 1.29 is 4.52 Å². The van der Waals surface area contributed by atoms with Gasteiger partial charge in [0.25, 0.3) is 11.4 Å². The van der Waals surface area contributed by atoms with Gasteiger partial charge < -0.3 is 14.8 Å². The van der Waals surface area contributed by atoms with Crippen LogP contribution in [0.5, 0.6) is 0 Å². The van der Waals surface area contributed by atoms with Gasteiger partial charge in [0.15, 0.2) is 5.82 Å². The van der Waals surface area contributed by atoms with Crippen molar-refractivity contribution in [1.29, 1.82) is 0 Å². The van der Waals surface area contributed by atoms with Crippen molar-refractivity contribution >= 4 is 16.6 Å². The van der Waals surface area contributed by atoms with Crippen LogP contribution in [0.3, 0.4) is 0 Å². The monoisotopic (exact) mass is 324 g/mol. The molecule has 0 saturated carbocycles. The number of hydrogen-bond donors (Lipinski definition) is 2. The minimum absolute atomic E-state index is 0.177. The third-order valence-electron chi connectivity index (χ3n) is 4.06. The van der Waals surface area contributed by atoms with Crippen molar-refractivity contribution in [2.24, 2.45) is 0 Å². The molecular formula is C16H16N6O2. The predicted octanol–water partition coefficient (Wildman–Crippen LogP) is 1.38. The number of aromatic amines is 1. The van der Waals surface area contributed by atoms with Gasteiger partial charge in [-0.3, -0.25) is 4.79 Å². The summed E-state index contributed by atoms with van der Waals surface area (Å²) in [5.74, 6) is 0.948. The quantitative estimate of drug-likeness (QED) is 0.588. The Morgan fingerprint density at radius 3 is 3.04 bits per heavy atom. The number of rotatable bonds is 4. The van der Waals surface area contributed by atoms with E-state index in [4.69, 9.17) is 4.52 Å².